The van der Waals surface area contributed by atoms with Crippen molar-refractivity contribution in [3.05, 3.63) is 52.5 Å². The topological polar surface area (TPSA) is 75.7 Å². The zero-order valence-electron chi connectivity index (χ0n) is 15.9. The van der Waals surface area contributed by atoms with Crippen LogP contribution in [0.3, 0.4) is 0 Å². The number of ether oxygens (including phenoxy) is 1. The number of hydrogen-bond acceptors (Lipinski definition) is 4. The summed E-state index contributed by atoms with van der Waals surface area (Å²) in [6.07, 6.45) is 1.00. The van der Waals surface area contributed by atoms with Crippen LogP contribution in [0.15, 0.2) is 42.5 Å². The molecule has 0 radical (unpaired) electrons. The van der Waals surface area contributed by atoms with Crippen LogP contribution in [-0.2, 0) is 14.8 Å². The normalized spacial score (nSPS) is 12.5. The molecule has 0 aliphatic carbocycles. The Morgan fingerprint density at radius 2 is 1.68 bits per heavy atom. The first-order valence-electron chi connectivity index (χ1n) is 8.50. The number of nitrogens with one attached hydrogen (secondary N) is 1. The van der Waals surface area contributed by atoms with E-state index < -0.39 is 22.0 Å². The summed E-state index contributed by atoms with van der Waals surface area (Å²) in [4.78, 5) is 12.8. The molecule has 152 valence electrons. The lowest BCUT2D eigenvalue weighted by molar-refractivity contribution is -0.116. The van der Waals surface area contributed by atoms with Gasteiger partial charge in [0.25, 0.3) is 0 Å². The van der Waals surface area contributed by atoms with Gasteiger partial charge < -0.3 is 10.1 Å². The van der Waals surface area contributed by atoms with Crippen LogP contribution in [0.2, 0.25) is 10.0 Å². The molecule has 0 aromatic heterocycles. The molecule has 0 aliphatic rings. The van der Waals surface area contributed by atoms with Crippen LogP contribution in [0.4, 0.5) is 11.4 Å². The molecule has 0 saturated carbocycles. The first kappa shape index (κ1) is 22.3. The van der Waals surface area contributed by atoms with E-state index in [1.165, 1.54) is 25.1 Å². The van der Waals surface area contributed by atoms with Gasteiger partial charge in [-0.05, 0) is 51.1 Å². The van der Waals surface area contributed by atoms with E-state index >= 15 is 0 Å². The van der Waals surface area contributed by atoms with E-state index in [0.29, 0.717) is 11.4 Å². The van der Waals surface area contributed by atoms with Crippen molar-refractivity contribution in [1.29, 1.82) is 0 Å². The van der Waals surface area contributed by atoms with E-state index in [9.17, 15) is 13.2 Å². The summed E-state index contributed by atoms with van der Waals surface area (Å²) < 4.78 is 31.3. The fourth-order valence-electron chi connectivity index (χ4n) is 2.64. The van der Waals surface area contributed by atoms with Gasteiger partial charge in [-0.25, -0.2) is 8.42 Å². The number of halogens is 2. The van der Waals surface area contributed by atoms with Gasteiger partial charge in [0.15, 0.2) is 0 Å². The molecule has 1 unspecified atom stereocenters. The number of anilines is 2. The first-order chi connectivity index (χ1) is 13.0. The number of benzene rings is 2. The molecule has 2 aromatic rings. The van der Waals surface area contributed by atoms with Crippen LogP contribution >= 0.6 is 23.2 Å². The van der Waals surface area contributed by atoms with E-state index in [0.717, 1.165) is 10.6 Å². The predicted molar refractivity (Wildman–Crippen MR) is 114 cm³/mol. The molecule has 0 aliphatic heterocycles. The highest BCUT2D eigenvalue weighted by molar-refractivity contribution is 7.92. The van der Waals surface area contributed by atoms with Gasteiger partial charge >= 0.3 is 0 Å². The highest BCUT2D eigenvalue weighted by atomic mass is 35.5. The lowest BCUT2D eigenvalue weighted by Gasteiger charge is -2.28. The van der Waals surface area contributed by atoms with Crippen LogP contribution in [0.25, 0.3) is 0 Å². The van der Waals surface area contributed by atoms with Crippen molar-refractivity contribution in [2.24, 2.45) is 0 Å². The monoisotopic (exact) mass is 444 g/mol. The number of amides is 1. The van der Waals surface area contributed by atoms with Crippen molar-refractivity contribution in [2.45, 2.75) is 32.9 Å². The van der Waals surface area contributed by atoms with Crippen LogP contribution in [0.5, 0.6) is 5.75 Å². The zero-order chi connectivity index (χ0) is 21.1. The molecular formula is C19H22Cl2N2O4S. The molecule has 28 heavy (non-hydrogen) atoms. The quantitative estimate of drug-likeness (QED) is 0.677. The SMILES string of the molecule is CC(C)Oc1cccc(NC(=O)C(C)N(c2cc(Cl)cc(Cl)c2)S(C)(=O)=O)c1. The molecule has 1 atom stereocenters. The van der Waals surface area contributed by atoms with Crippen molar-refractivity contribution in [3.63, 3.8) is 0 Å². The first-order valence-corrected chi connectivity index (χ1v) is 11.1. The van der Waals surface area contributed by atoms with Gasteiger partial charge in [-0.2, -0.15) is 0 Å². The Bertz CT molecular complexity index is 944. The minimum Gasteiger partial charge on any atom is -0.491 e. The third kappa shape index (κ3) is 6.02. The lowest BCUT2D eigenvalue weighted by atomic mass is 10.2. The number of carbonyl (C=O) groups is 1. The largest absolute Gasteiger partial charge is 0.491 e. The molecule has 0 fully saturated rings. The molecule has 2 aromatic carbocycles. The van der Waals surface area contributed by atoms with Crippen LogP contribution in [0, 0.1) is 0 Å². The van der Waals surface area contributed by atoms with E-state index in [4.69, 9.17) is 27.9 Å². The van der Waals surface area contributed by atoms with Crippen molar-refractivity contribution in [1.82, 2.24) is 0 Å². The number of nitrogens with zero attached hydrogens (tertiary/aromatic N) is 1. The fourth-order valence-corrected chi connectivity index (χ4v) is 4.31. The van der Waals surface area contributed by atoms with Gasteiger partial charge in [0.05, 0.1) is 18.0 Å². The van der Waals surface area contributed by atoms with Gasteiger partial charge in [0, 0.05) is 21.8 Å². The summed E-state index contributed by atoms with van der Waals surface area (Å²) >= 11 is 12.0. The summed E-state index contributed by atoms with van der Waals surface area (Å²) in [7, 11) is -3.78. The zero-order valence-corrected chi connectivity index (χ0v) is 18.3. The second-order valence-corrected chi connectivity index (χ2v) is 9.28. The van der Waals surface area contributed by atoms with Crippen molar-refractivity contribution < 1.29 is 17.9 Å². The maximum Gasteiger partial charge on any atom is 0.247 e. The Labute approximate surface area is 175 Å². The van der Waals surface area contributed by atoms with Crippen molar-refractivity contribution in [3.8, 4) is 5.75 Å². The lowest BCUT2D eigenvalue weighted by Crippen LogP contribution is -2.45. The number of hydrogen-bond donors (Lipinski definition) is 1. The molecule has 0 spiro atoms. The fraction of sp³-hybridized carbons (Fsp3) is 0.316. The van der Waals surface area contributed by atoms with Gasteiger partial charge in [0.2, 0.25) is 15.9 Å². The Morgan fingerprint density at radius 1 is 1.07 bits per heavy atom. The molecule has 0 saturated heterocycles. The Kier molecular flexibility index (Phi) is 7.20. The molecule has 2 rings (SSSR count). The van der Waals surface area contributed by atoms with Gasteiger partial charge in [0.1, 0.15) is 11.8 Å². The maximum atomic E-state index is 12.8. The van der Waals surface area contributed by atoms with Gasteiger partial charge in [-0.3, -0.25) is 9.10 Å². The second kappa shape index (κ2) is 9.03. The third-order valence-corrected chi connectivity index (χ3v) is 5.34. The van der Waals surface area contributed by atoms with E-state index in [1.807, 2.05) is 13.8 Å². The number of carbonyl (C=O) groups excluding carboxylic acids is 1. The van der Waals surface area contributed by atoms with E-state index in [-0.39, 0.29) is 21.8 Å². The Morgan fingerprint density at radius 3 is 2.21 bits per heavy atom. The summed E-state index contributed by atoms with van der Waals surface area (Å²) in [6.45, 7) is 5.28. The average molecular weight is 445 g/mol. The summed E-state index contributed by atoms with van der Waals surface area (Å²) in [5.74, 6) is 0.0882. The number of sulfonamides is 1. The molecule has 1 N–H and O–H groups in total. The summed E-state index contributed by atoms with van der Waals surface area (Å²) in [5, 5.41) is 3.25. The molecule has 0 bridgehead atoms. The van der Waals surface area contributed by atoms with Crippen molar-refractivity contribution in [2.75, 3.05) is 15.9 Å². The second-order valence-electron chi connectivity index (χ2n) is 6.55. The third-order valence-electron chi connectivity index (χ3n) is 3.66. The highest BCUT2D eigenvalue weighted by Gasteiger charge is 2.29. The minimum absolute atomic E-state index is 0.0156. The molecule has 1 amide bonds. The van der Waals surface area contributed by atoms with Gasteiger partial charge in [-0.15, -0.1) is 0 Å². The van der Waals surface area contributed by atoms with Crippen LogP contribution in [-0.4, -0.2) is 32.7 Å². The van der Waals surface area contributed by atoms with E-state index in [1.54, 1.807) is 24.3 Å². The van der Waals surface area contributed by atoms with Crippen LogP contribution < -0.4 is 14.4 Å². The molecular weight excluding hydrogens is 423 g/mol. The van der Waals surface area contributed by atoms with Gasteiger partial charge in [-0.1, -0.05) is 29.3 Å². The average Bonchev–Trinajstić information content (AvgIpc) is 2.52. The van der Waals surface area contributed by atoms with E-state index in [2.05, 4.69) is 5.32 Å². The standard InChI is InChI=1S/C19H22Cl2N2O4S/c1-12(2)27-18-7-5-6-16(11-18)22-19(24)13(3)23(28(4,25)26)17-9-14(20)8-15(21)10-17/h5-13H,1-4H3,(H,22,24). The predicted octanol–water partition coefficient (Wildman–Crippen LogP) is 4.57. The molecule has 0 heterocycles. The molecule has 6 nitrogen and oxygen atoms in total. The van der Waals surface area contributed by atoms with Crippen molar-refractivity contribution >= 4 is 50.5 Å². The maximum absolute atomic E-state index is 12.8. The number of rotatable bonds is 7. The Balaban J connectivity index is 2.30. The summed E-state index contributed by atoms with van der Waals surface area (Å²) in [6, 6.07) is 10.2. The Hall–Kier alpha value is -1.96. The highest BCUT2D eigenvalue weighted by Crippen LogP contribution is 2.29. The minimum atomic E-state index is -3.78. The van der Waals surface area contributed by atoms with Crippen LogP contribution in [0.1, 0.15) is 20.8 Å². The smallest absolute Gasteiger partial charge is 0.247 e. The molecule has 9 heteroatoms. The summed E-state index contributed by atoms with van der Waals surface area (Å²) in [5.41, 5.74) is 0.701.